The van der Waals surface area contributed by atoms with Crippen molar-refractivity contribution in [2.75, 3.05) is 7.11 Å². The van der Waals surface area contributed by atoms with E-state index in [0.29, 0.717) is 35.7 Å². The third kappa shape index (κ3) is 4.34. The molecule has 0 unspecified atom stereocenters. The van der Waals surface area contributed by atoms with Crippen molar-refractivity contribution < 1.29 is 14.3 Å². The molecule has 0 radical (unpaired) electrons. The first-order chi connectivity index (χ1) is 11.6. The minimum absolute atomic E-state index is 0.0306. The van der Waals surface area contributed by atoms with Crippen molar-refractivity contribution in [1.29, 1.82) is 5.26 Å². The number of Topliss-reactive ketones (excluding diaryl/α,β-unsaturated/α-hetero) is 1. The molecule has 2 aromatic rings. The highest BCUT2D eigenvalue weighted by Crippen LogP contribution is 2.28. The van der Waals surface area contributed by atoms with Gasteiger partial charge in [-0.3, -0.25) is 4.79 Å². The fourth-order valence-corrected chi connectivity index (χ4v) is 2.20. The number of carbonyl (C=O) groups excluding carboxylic acids is 1. The van der Waals surface area contributed by atoms with Gasteiger partial charge in [0.05, 0.1) is 18.7 Å². The number of hydrogen-bond acceptors (Lipinski definition) is 5. The van der Waals surface area contributed by atoms with Gasteiger partial charge in [-0.05, 0) is 36.2 Å². The summed E-state index contributed by atoms with van der Waals surface area (Å²) in [5.41, 5.74) is 7.09. The summed E-state index contributed by atoms with van der Waals surface area (Å²) in [5.74, 6) is 1.70. The Morgan fingerprint density at radius 3 is 2.46 bits per heavy atom. The summed E-state index contributed by atoms with van der Waals surface area (Å²) in [5, 5.41) is 8.98. The molecule has 5 heteroatoms. The minimum atomic E-state index is -0.410. The van der Waals surface area contributed by atoms with Crippen molar-refractivity contribution in [3.63, 3.8) is 0 Å². The fraction of sp³-hybridized carbons (Fsp3) is 0.263. The molecule has 0 saturated carbocycles. The van der Waals surface area contributed by atoms with E-state index in [1.165, 1.54) is 7.11 Å². The molecule has 0 amide bonds. The monoisotopic (exact) mass is 324 g/mol. The summed E-state index contributed by atoms with van der Waals surface area (Å²) in [7, 11) is 1.51. The summed E-state index contributed by atoms with van der Waals surface area (Å²) in [4.78, 5) is 11.9. The summed E-state index contributed by atoms with van der Waals surface area (Å²) in [6.07, 6.45) is 0.959. The van der Waals surface area contributed by atoms with E-state index in [0.717, 1.165) is 5.56 Å². The van der Waals surface area contributed by atoms with Gasteiger partial charge in [-0.25, -0.2) is 0 Å². The van der Waals surface area contributed by atoms with Crippen LogP contribution in [-0.4, -0.2) is 18.9 Å². The van der Waals surface area contributed by atoms with Crippen LogP contribution in [0.1, 0.15) is 24.5 Å². The molecule has 2 rings (SSSR count). The van der Waals surface area contributed by atoms with Crippen molar-refractivity contribution in [3.05, 3.63) is 53.6 Å². The van der Waals surface area contributed by atoms with E-state index < -0.39 is 6.04 Å². The zero-order valence-electron chi connectivity index (χ0n) is 13.8. The third-order valence-electron chi connectivity index (χ3n) is 3.68. The van der Waals surface area contributed by atoms with Gasteiger partial charge < -0.3 is 15.2 Å². The average molecular weight is 324 g/mol. The second-order valence-corrected chi connectivity index (χ2v) is 5.38. The smallest absolute Gasteiger partial charge is 0.153 e. The topological polar surface area (TPSA) is 85.3 Å². The van der Waals surface area contributed by atoms with Gasteiger partial charge in [0.15, 0.2) is 5.78 Å². The number of hydrogen-bond donors (Lipinski definition) is 1. The normalized spacial score (nSPS) is 11.4. The van der Waals surface area contributed by atoms with Crippen LogP contribution in [0.15, 0.2) is 42.5 Å². The summed E-state index contributed by atoms with van der Waals surface area (Å²) >= 11 is 0. The van der Waals surface area contributed by atoms with Crippen LogP contribution in [0.2, 0.25) is 0 Å². The van der Waals surface area contributed by atoms with Crippen LogP contribution in [-0.2, 0) is 11.2 Å². The van der Waals surface area contributed by atoms with Gasteiger partial charge in [-0.15, -0.1) is 0 Å². The molecule has 0 aliphatic heterocycles. The van der Waals surface area contributed by atoms with E-state index in [2.05, 4.69) is 6.07 Å². The van der Waals surface area contributed by atoms with E-state index >= 15 is 0 Å². The van der Waals surface area contributed by atoms with Gasteiger partial charge in [0.25, 0.3) is 0 Å². The zero-order valence-corrected chi connectivity index (χ0v) is 13.8. The number of benzene rings is 2. The molecular weight excluding hydrogens is 304 g/mol. The Morgan fingerprint density at radius 1 is 1.21 bits per heavy atom. The lowest BCUT2D eigenvalue weighted by atomic mass is 10.0. The van der Waals surface area contributed by atoms with Gasteiger partial charge in [-0.1, -0.05) is 19.1 Å². The Balaban J connectivity index is 2.07. The molecule has 0 fully saturated rings. The lowest BCUT2D eigenvalue weighted by Gasteiger charge is -2.10. The van der Waals surface area contributed by atoms with E-state index in [4.69, 9.17) is 20.5 Å². The predicted octanol–water partition coefficient (Wildman–Crippen LogP) is 3.21. The Labute approximate surface area is 141 Å². The molecule has 1 atom stereocenters. The van der Waals surface area contributed by atoms with Crippen molar-refractivity contribution in [3.8, 4) is 23.3 Å². The molecule has 0 aliphatic carbocycles. The van der Waals surface area contributed by atoms with Crippen LogP contribution < -0.4 is 15.2 Å². The van der Waals surface area contributed by atoms with Gasteiger partial charge in [0.1, 0.15) is 23.3 Å². The molecule has 0 aromatic heterocycles. The number of nitrogens with two attached hydrogens (primary N) is 1. The van der Waals surface area contributed by atoms with Crippen LogP contribution in [0, 0.1) is 11.3 Å². The molecule has 124 valence electrons. The van der Waals surface area contributed by atoms with E-state index in [9.17, 15) is 4.79 Å². The van der Waals surface area contributed by atoms with Crippen molar-refractivity contribution in [2.45, 2.75) is 25.8 Å². The molecule has 0 spiro atoms. The quantitative estimate of drug-likeness (QED) is 0.845. The number of nitrogens with zero attached hydrogens (tertiary/aromatic N) is 1. The zero-order chi connectivity index (χ0) is 17.5. The second kappa shape index (κ2) is 8.14. The van der Waals surface area contributed by atoms with Gasteiger partial charge in [0.2, 0.25) is 0 Å². The molecular formula is C19H20N2O3. The summed E-state index contributed by atoms with van der Waals surface area (Å²) < 4.78 is 10.9. The second-order valence-electron chi connectivity index (χ2n) is 5.38. The fourth-order valence-electron chi connectivity index (χ4n) is 2.20. The molecule has 24 heavy (non-hydrogen) atoms. The predicted molar refractivity (Wildman–Crippen MR) is 91.2 cm³/mol. The standard InChI is InChI=1S/C19H20N2O3/c1-3-17(21)18(22)10-13-4-7-15(8-5-13)24-16-9-6-14(12-20)19(11-16)23-2/h4-9,11,17H,3,10,21H2,1-2H3/t17-/m1/s1. The molecule has 0 bridgehead atoms. The van der Waals surface area contributed by atoms with Crippen molar-refractivity contribution in [2.24, 2.45) is 5.73 Å². The lowest BCUT2D eigenvalue weighted by molar-refractivity contribution is -0.119. The maximum Gasteiger partial charge on any atom is 0.153 e. The molecule has 0 heterocycles. The number of nitriles is 1. The van der Waals surface area contributed by atoms with Crippen LogP contribution in [0.3, 0.4) is 0 Å². The first kappa shape index (κ1) is 17.5. The lowest BCUT2D eigenvalue weighted by Crippen LogP contribution is -2.30. The van der Waals surface area contributed by atoms with Crippen molar-refractivity contribution in [1.82, 2.24) is 0 Å². The average Bonchev–Trinajstić information content (AvgIpc) is 2.62. The Kier molecular flexibility index (Phi) is 5.94. The molecule has 2 aromatic carbocycles. The summed E-state index contributed by atoms with van der Waals surface area (Å²) in [6, 6.07) is 13.9. The molecule has 2 N–H and O–H groups in total. The highest BCUT2D eigenvalue weighted by Gasteiger charge is 2.12. The minimum Gasteiger partial charge on any atom is -0.495 e. The maximum absolute atomic E-state index is 11.9. The largest absolute Gasteiger partial charge is 0.495 e. The van der Waals surface area contributed by atoms with Gasteiger partial charge in [-0.2, -0.15) is 5.26 Å². The number of ether oxygens (including phenoxy) is 2. The van der Waals surface area contributed by atoms with Gasteiger partial charge in [0, 0.05) is 12.5 Å². The van der Waals surface area contributed by atoms with Gasteiger partial charge >= 0.3 is 0 Å². The van der Waals surface area contributed by atoms with Crippen LogP contribution in [0.25, 0.3) is 0 Å². The highest BCUT2D eigenvalue weighted by molar-refractivity contribution is 5.85. The van der Waals surface area contributed by atoms with Crippen LogP contribution in [0.4, 0.5) is 0 Å². The third-order valence-corrected chi connectivity index (χ3v) is 3.68. The molecule has 5 nitrogen and oxygen atoms in total. The van der Waals surface area contributed by atoms with E-state index in [1.807, 2.05) is 19.1 Å². The Hall–Kier alpha value is -2.84. The Morgan fingerprint density at radius 2 is 1.88 bits per heavy atom. The van der Waals surface area contributed by atoms with E-state index in [1.54, 1.807) is 30.3 Å². The number of ketones is 1. The van der Waals surface area contributed by atoms with Crippen molar-refractivity contribution >= 4 is 5.78 Å². The SMILES string of the molecule is CC[C@@H](N)C(=O)Cc1ccc(Oc2ccc(C#N)c(OC)c2)cc1. The summed E-state index contributed by atoms with van der Waals surface area (Å²) in [6.45, 7) is 1.89. The Bertz CT molecular complexity index is 748. The van der Waals surface area contributed by atoms with Crippen LogP contribution in [0.5, 0.6) is 17.2 Å². The maximum atomic E-state index is 11.9. The number of rotatable bonds is 7. The highest BCUT2D eigenvalue weighted by atomic mass is 16.5. The molecule has 0 aliphatic rings. The number of methoxy groups -OCH3 is 1. The molecule has 0 saturated heterocycles. The number of carbonyl (C=O) groups is 1. The van der Waals surface area contributed by atoms with E-state index in [-0.39, 0.29) is 5.78 Å². The first-order valence-electron chi connectivity index (χ1n) is 7.70. The first-order valence-corrected chi connectivity index (χ1v) is 7.70. The van der Waals surface area contributed by atoms with Crippen LogP contribution >= 0.6 is 0 Å².